The Bertz CT molecular complexity index is 176. The highest BCUT2D eigenvalue weighted by molar-refractivity contribution is 4.75. The van der Waals surface area contributed by atoms with E-state index < -0.39 is 0 Å². The molecule has 0 heterocycles. The molecular formula is C14H31N3. The van der Waals surface area contributed by atoms with E-state index in [0.29, 0.717) is 0 Å². The van der Waals surface area contributed by atoms with E-state index in [-0.39, 0.29) is 0 Å². The largest absolute Gasteiger partial charge is 0.314 e. The third-order valence-electron chi connectivity index (χ3n) is 3.81. The van der Waals surface area contributed by atoms with Gasteiger partial charge in [0.25, 0.3) is 0 Å². The lowest BCUT2D eigenvalue weighted by atomic mass is 9.94. The van der Waals surface area contributed by atoms with Crippen molar-refractivity contribution in [1.29, 1.82) is 0 Å². The van der Waals surface area contributed by atoms with Gasteiger partial charge in [-0.3, -0.25) is 4.90 Å². The highest BCUT2D eigenvalue weighted by Gasteiger charge is 2.18. The minimum atomic E-state index is 0.865. The van der Waals surface area contributed by atoms with Crippen LogP contribution in [0.25, 0.3) is 0 Å². The summed E-state index contributed by atoms with van der Waals surface area (Å²) in [4.78, 5) is 4.90. The molecule has 3 heteroatoms. The monoisotopic (exact) mass is 241 g/mol. The van der Waals surface area contributed by atoms with E-state index in [4.69, 9.17) is 0 Å². The van der Waals surface area contributed by atoms with Gasteiger partial charge in [0, 0.05) is 32.2 Å². The van der Waals surface area contributed by atoms with Crippen molar-refractivity contribution >= 4 is 0 Å². The van der Waals surface area contributed by atoms with Gasteiger partial charge < -0.3 is 10.2 Å². The Hall–Kier alpha value is -0.120. The van der Waals surface area contributed by atoms with Crippen LogP contribution in [0.5, 0.6) is 0 Å². The molecule has 0 aliphatic heterocycles. The van der Waals surface area contributed by atoms with Crippen LogP contribution in [0.2, 0.25) is 0 Å². The van der Waals surface area contributed by atoms with Crippen LogP contribution >= 0.6 is 0 Å². The van der Waals surface area contributed by atoms with E-state index in [0.717, 1.165) is 25.7 Å². The van der Waals surface area contributed by atoms with Crippen LogP contribution in [0.4, 0.5) is 0 Å². The lowest BCUT2D eigenvalue weighted by Gasteiger charge is -2.33. The number of rotatable bonds is 8. The average molecular weight is 241 g/mol. The molecule has 3 nitrogen and oxygen atoms in total. The molecule has 0 bridgehead atoms. The Morgan fingerprint density at radius 2 is 1.65 bits per heavy atom. The van der Waals surface area contributed by atoms with Gasteiger partial charge in [-0.1, -0.05) is 26.2 Å². The maximum atomic E-state index is 3.54. The quantitative estimate of drug-likeness (QED) is 0.654. The van der Waals surface area contributed by atoms with Gasteiger partial charge in [0.2, 0.25) is 0 Å². The summed E-state index contributed by atoms with van der Waals surface area (Å²) in [6.07, 6.45) is 7.18. The summed E-state index contributed by atoms with van der Waals surface area (Å²) in [5.74, 6) is 0. The molecule has 0 radical (unpaired) electrons. The molecule has 1 aliphatic rings. The molecule has 0 saturated heterocycles. The smallest absolute Gasteiger partial charge is 0.0110 e. The summed E-state index contributed by atoms with van der Waals surface area (Å²) in [5, 5.41) is 3.54. The maximum absolute atomic E-state index is 3.54. The van der Waals surface area contributed by atoms with Gasteiger partial charge in [0.05, 0.1) is 0 Å². The van der Waals surface area contributed by atoms with Gasteiger partial charge in [0.1, 0.15) is 0 Å². The molecule has 102 valence electrons. The molecule has 1 saturated carbocycles. The van der Waals surface area contributed by atoms with Gasteiger partial charge >= 0.3 is 0 Å². The van der Waals surface area contributed by atoms with Gasteiger partial charge in [-0.15, -0.1) is 0 Å². The fourth-order valence-corrected chi connectivity index (χ4v) is 2.70. The summed E-state index contributed by atoms with van der Waals surface area (Å²) in [5.41, 5.74) is 0. The summed E-state index contributed by atoms with van der Waals surface area (Å²) in [6.45, 7) is 8.10. The first-order valence-electron chi connectivity index (χ1n) is 7.33. The number of hydrogen-bond acceptors (Lipinski definition) is 3. The van der Waals surface area contributed by atoms with Crippen molar-refractivity contribution in [3.63, 3.8) is 0 Å². The van der Waals surface area contributed by atoms with E-state index in [1.54, 1.807) is 0 Å². The van der Waals surface area contributed by atoms with E-state index in [9.17, 15) is 0 Å². The zero-order valence-electron chi connectivity index (χ0n) is 12.0. The molecule has 0 spiro atoms. The summed E-state index contributed by atoms with van der Waals surface area (Å²) in [6, 6.07) is 0.865. The van der Waals surface area contributed by atoms with Crippen LogP contribution in [0.15, 0.2) is 0 Å². The summed E-state index contributed by atoms with van der Waals surface area (Å²) in [7, 11) is 4.25. The van der Waals surface area contributed by atoms with E-state index in [1.165, 1.54) is 45.2 Å². The average Bonchev–Trinajstić information content (AvgIpc) is 2.34. The minimum Gasteiger partial charge on any atom is -0.314 e. The predicted molar refractivity (Wildman–Crippen MR) is 75.5 cm³/mol. The van der Waals surface area contributed by atoms with E-state index in [2.05, 4.69) is 36.1 Å². The molecule has 0 atom stereocenters. The second-order valence-corrected chi connectivity index (χ2v) is 5.47. The van der Waals surface area contributed by atoms with Crippen LogP contribution in [0, 0.1) is 0 Å². The first-order valence-corrected chi connectivity index (χ1v) is 7.33. The van der Waals surface area contributed by atoms with Gasteiger partial charge in [-0.25, -0.2) is 0 Å². The molecule has 1 fully saturated rings. The second-order valence-electron chi connectivity index (χ2n) is 5.47. The van der Waals surface area contributed by atoms with Crippen LogP contribution in [-0.4, -0.2) is 62.7 Å². The van der Waals surface area contributed by atoms with Crippen molar-refractivity contribution in [3.05, 3.63) is 0 Å². The van der Waals surface area contributed by atoms with Crippen LogP contribution in [0.3, 0.4) is 0 Å². The highest BCUT2D eigenvalue weighted by Crippen LogP contribution is 2.21. The predicted octanol–water partition coefficient (Wildman–Crippen LogP) is 1.79. The van der Waals surface area contributed by atoms with Gasteiger partial charge in [-0.2, -0.15) is 0 Å². The molecular weight excluding hydrogens is 210 g/mol. The third kappa shape index (κ3) is 6.39. The molecule has 0 amide bonds. The maximum Gasteiger partial charge on any atom is 0.0110 e. The van der Waals surface area contributed by atoms with Crippen molar-refractivity contribution in [2.24, 2.45) is 0 Å². The molecule has 17 heavy (non-hydrogen) atoms. The van der Waals surface area contributed by atoms with Crippen molar-refractivity contribution < 1.29 is 0 Å². The Kier molecular flexibility index (Phi) is 7.82. The van der Waals surface area contributed by atoms with Crippen molar-refractivity contribution in [3.8, 4) is 0 Å². The molecule has 0 aromatic carbocycles. The zero-order chi connectivity index (χ0) is 12.5. The van der Waals surface area contributed by atoms with Gasteiger partial charge in [-0.05, 0) is 33.5 Å². The fourth-order valence-electron chi connectivity index (χ4n) is 2.70. The van der Waals surface area contributed by atoms with Crippen molar-refractivity contribution in [2.75, 3.05) is 46.8 Å². The van der Waals surface area contributed by atoms with Crippen LogP contribution in [0.1, 0.15) is 39.0 Å². The topological polar surface area (TPSA) is 18.5 Å². The number of nitrogens with zero attached hydrogens (tertiary/aromatic N) is 2. The molecule has 1 N–H and O–H groups in total. The standard InChI is InChI=1S/C14H31N3/c1-4-17(14-8-6-5-7-9-14)13-11-15-10-12-16(2)3/h14-15H,4-13H2,1-3H3. The lowest BCUT2D eigenvalue weighted by Crippen LogP contribution is -2.41. The zero-order valence-corrected chi connectivity index (χ0v) is 12.0. The van der Waals surface area contributed by atoms with Crippen molar-refractivity contribution in [1.82, 2.24) is 15.1 Å². The highest BCUT2D eigenvalue weighted by atomic mass is 15.2. The fraction of sp³-hybridized carbons (Fsp3) is 1.00. The van der Waals surface area contributed by atoms with E-state index in [1.807, 2.05) is 0 Å². The van der Waals surface area contributed by atoms with Crippen LogP contribution < -0.4 is 5.32 Å². The molecule has 1 aliphatic carbocycles. The number of hydrogen-bond donors (Lipinski definition) is 1. The first-order chi connectivity index (χ1) is 8.24. The lowest BCUT2D eigenvalue weighted by molar-refractivity contribution is 0.164. The first kappa shape index (κ1) is 14.9. The Labute approximate surface area is 108 Å². The van der Waals surface area contributed by atoms with E-state index >= 15 is 0 Å². The summed E-state index contributed by atoms with van der Waals surface area (Å²) >= 11 is 0. The Morgan fingerprint density at radius 1 is 1.00 bits per heavy atom. The summed E-state index contributed by atoms with van der Waals surface area (Å²) < 4.78 is 0. The molecule has 0 aromatic rings. The molecule has 1 rings (SSSR count). The normalized spacial score (nSPS) is 18.2. The number of nitrogens with one attached hydrogen (secondary N) is 1. The molecule has 0 aromatic heterocycles. The number of likely N-dealkylation sites (N-methyl/N-ethyl adjacent to an activating group) is 2. The Morgan fingerprint density at radius 3 is 2.24 bits per heavy atom. The second kappa shape index (κ2) is 8.90. The Balaban J connectivity index is 2.09. The SMILES string of the molecule is CCN(CCNCCN(C)C)C1CCCCC1. The van der Waals surface area contributed by atoms with Gasteiger partial charge in [0.15, 0.2) is 0 Å². The minimum absolute atomic E-state index is 0.865. The van der Waals surface area contributed by atoms with Crippen LogP contribution in [-0.2, 0) is 0 Å². The van der Waals surface area contributed by atoms with Crippen molar-refractivity contribution in [2.45, 2.75) is 45.1 Å². The molecule has 0 unspecified atom stereocenters. The third-order valence-corrected chi connectivity index (χ3v) is 3.81.